The highest BCUT2D eigenvalue weighted by Crippen LogP contribution is 2.15. The fraction of sp³-hybridized carbons (Fsp3) is 0.222. The lowest BCUT2D eigenvalue weighted by atomic mass is 10.1. The smallest absolute Gasteiger partial charge is 0.255 e. The fourth-order valence-corrected chi connectivity index (χ4v) is 3.07. The molecule has 0 fully saturated rings. The summed E-state index contributed by atoms with van der Waals surface area (Å²) in [5, 5.41) is 2.81. The Morgan fingerprint density at radius 1 is 1.04 bits per heavy atom. The van der Waals surface area contributed by atoms with Crippen LogP contribution < -0.4 is 11.1 Å². The molecule has 0 aliphatic heterocycles. The molecule has 24 heavy (non-hydrogen) atoms. The lowest BCUT2D eigenvalue weighted by molar-refractivity contribution is -0.117. The standard InChI is InChI=1S/C18H20N2O3S/c1-12(2)24(23)16-9-5-14(6-10-16)18(22)20-15-7-3-13(4-8-15)11-17(19)21/h3-10,12H,11H2,1-2H3,(H2,19,21)(H,20,22). The van der Waals surface area contributed by atoms with Crippen molar-refractivity contribution in [1.29, 1.82) is 0 Å². The van der Waals surface area contributed by atoms with E-state index in [9.17, 15) is 13.8 Å². The summed E-state index contributed by atoms with van der Waals surface area (Å²) in [4.78, 5) is 23.8. The second kappa shape index (κ2) is 7.88. The molecular formula is C18H20N2O3S. The van der Waals surface area contributed by atoms with E-state index in [4.69, 9.17) is 5.73 Å². The number of benzene rings is 2. The van der Waals surface area contributed by atoms with Crippen molar-refractivity contribution in [2.45, 2.75) is 30.4 Å². The average Bonchev–Trinajstić information content (AvgIpc) is 2.55. The second-order valence-electron chi connectivity index (χ2n) is 5.66. The molecule has 0 spiro atoms. The Kier molecular flexibility index (Phi) is 5.87. The average molecular weight is 344 g/mol. The van der Waals surface area contributed by atoms with Gasteiger partial charge >= 0.3 is 0 Å². The van der Waals surface area contributed by atoms with Gasteiger partial charge in [-0.15, -0.1) is 0 Å². The van der Waals surface area contributed by atoms with Gasteiger partial charge in [0.1, 0.15) is 0 Å². The zero-order valence-corrected chi connectivity index (χ0v) is 14.4. The van der Waals surface area contributed by atoms with E-state index in [1.165, 1.54) is 0 Å². The van der Waals surface area contributed by atoms with Gasteiger partial charge in [-0.25, -0.2) is 0 Å². The van der Waals surface area contributed by atoms with E-state index < -0.39 is 16.7 Å². The quantitative estimate of drug-likeness (QED) is 0.843. The molecule has 0 radical (unpaired) electrons. The molecule has 6 heteroatoms. The molecule has 0 saturated heterocycles. The van der Waals surface area contributed by atoms with Crippen LogP contribution in [0.5, 0.6) is 0 Å². The molecule has 126 valence electrons. The summed E-state index contributed by atoms with van der Waals surface area (Å²) in [5.41, 5.74) is 7.05. The van der Waals surface area contributed by atoms with Gasteiger partial charge in [-0.2, -0.15) is 0 Å². The minimum absolute atomic E-state index is 0.0311. The van der Waals surface area contributed by atoms with Crippen LogP contribution in [0.15, 0.2) is 53.4 Å². The van der Waals surface area contributed by atoms with Gasteiger partial charge in [-0.1, -0.05) is 26.0 Å². The van der Waals surface area contributed by atoms with Crippen molar-refractivity contribution >= 4 is 28.3 Å². The summed E-state index contributed by atoms with van der Waals surface area (Å²) in [7, 11) is -1.07. The summed E-state index contributed by atoms with van der Waals surface area (Å²) in [6, 6.07) is 13.7. The van der Waals surface area contributed by atoms with Crippen LogP contribution in [0.2, 0.25) is 0 Å². The normalized spacial score (nSPS) is 12.0. The zero-order chi connectivity index (χ0) is 17.7. The van der Waals surface area contributed by atoms with E-state index in [2.05, 4.69) is 5.32 Å². The van der Waals surface area contributed by atoms with Gasteiger partial charge in [-0.05, 0) is 42.0 Å². The Morgan fingerprint density at radius 3 is 2.12 bits per heavy atom. The van der Waals surface area contributed by atoms with Crippen LogP contribution in [0.25, 0.3) is 0 Å². The maximum Gasteiger partial charge on any atom is 0.255 e. The molecule has 2 rings (SSSR count). The van der Waals surface area contributed by atoms with E-state index in [1.54, 1.807) is 48.5 Å². The van der Waals surface area contributed by atoms with E-state index in [-0.39, 0.29) is 17.6 Å². The summed E-state index contributed by atoms with van der Waals surface area (Å²) in [6.45, 7) is 3.78. The highest BCUT2D eigenvalue weighted by Gasteiger charge is 2.11. The van der Waals surface area contributed by atoms with Crippen molar-refractivity contribution in [1.82, 2.24) is 0 Å². The second-order valence-corrected chi connectivity index (χ2v) is 7.67. The van der Waals surface area contributed by atoms with Crippen LogP contribution in [0.4, 0.5) is 5.69 Å². The molecule has 0 bridgehead atoms. The molecule has 2 aromatic carbocycles. The molecule has 5 nitrogen and oxygen atoms in total. The van der Waals surface area contributed by atoms with Crippen LogP contribution in [0, 0.1) is 0 Å². The van der Waals surface area contributed by atoms with E-state index in [1.807, 2.05) is 13.8 Å². The first kappa shape index (κ1) is 17.9. The number of carbonyl (C=O) groups is 2. The van der Waals surface area contributed by atoms with Gasteiger partial charge in [0.05, 0.1) is 17.2 Å². The van der Waals surface area contributed by atoms with Crippen molar-refractivity contribution < 1.29 is 13.8 Å². The van der Waals surface area contributed by atoms with Gasteiger partial charge in [0.25, 0.3) is 5.91 Å². The number of rotatable bonds is 6. The third kappa shape index (κ3) is 4.76. The largest absolute Gasteiger partial charge is 0.369 e. The molecule has 2 aromatic rings. The molecule has 0 saturated carbocycles. The number of nitrogens with two attached hydrogens (primary N) is 1. The molecule has 3 N–H and O–H groups in total. The molecule has 0 aliphatic carbocycles. The minimum atomic E-state index is -1.07. The summed E-state index contributed by atoms with van der Waals surface area (Å²) in [6.07, 6.45) is 0.169. The SMILES string of the molecule is CC(C)S(=O)c1ccc(C(=O)Nc2ccc(CC(N)=O)cc2)cc1. The number of amides is 2. The molecule has 1 atom stereocenters. The maximum atomic E-state index is 12.2. The van der Waals surface area contributed by atoms with E-state index in [0.717, 1.165) is 5.56 Å². The molecule has 0 aromatic heterocycles. The monoisotopic (exact) mass is 344 g/mol. The molecule has 2 amide bonds. The highest BCUT2D eigenvalue weighted by atomic mass is 32.2. The third-order valence-corrected chi connectivity index (χ3v) is 4.96. The fourth-order valence-electron chi connectivity index (χ4n) is 2.12. The Balaban J connectivity index is 2.04. The number of hydrogen-bond donors (Lipinski definition) is 2. The number of hydrogen-bond acceptors (Lipinski definition) is 3. The van der Waals surface area contributed by atoms with Crippen LogP contribution in [0.1, 0.15) is 29.8 Å². The Bertz CT molecular complexity index is 753. The number of carbonyl (C=O) groups excluding carboxylic acids is 2. The van der Waals surface area contributed by atoms with Gasteiger partial charge in [0.2, 0.25) is 5.91 Å². The van der Waals surface area contributed by atoms with Crippen molar-refractivity contribution in [3.8, 4) is 0 Å². The summed E-state index contributed by atoms with van der Waals surface area (Å²) in [5.74, 6) is -0.648. The van der Waals surface area contributed by atoms with Crippen molar-refractivity contribution in [2.24, 2.45) is 5.73 Å². The third-order valence-electron chi connectivity index (χ3n) is 3.37. The van der Waals surface area contributed by atoms with Crippen LogP contribution in [-0.4, -0.2) is 21.3 Å². The van der Waals surface area contributed by atoms with Crippen LogP contribution in [-0.2, 0) is 22.0 Å². The summed E-state index contributed by atoms with van der Waals surface area (Å²) >= 11 is 0. The Hall–Kier alpha value is -2.47. The molecule has 0 aliphatic rings. The molecule has 1 unspecified atom stereocenters. The Morgan fingerprint density at radius 2 is 1.62 bits per heavy atom. The number of primary amides is 1. The molecular weight excluding hydrogens is 324 g/mol. The highest BCUT2D eigenvalue weighted by molar-refractivity contribution is 7.85. The Labute approximate surface area is 143 Å². The van der Waals surface area contributed by atoms with Crippen molar-refractivity contribution in [3.63, 3.8) is 0 Å². The van der Waals surface area contributed by atoms with Crippen molar-refractivity contribution in [2.75, 3.05) is 5.32 Å². The predicted octanol–water partition coefficient (Wildman–Crippen LogP) is 2.48. The lowest BCUT2D eigenvalue weighted by Gasteiger charge is -2.08. The first-order valence-corrected chi connectivity index (χ1v) is 8.77. The number of nitrogens with one attached hydrogen (secondary N) is 1. The molecule has 0 heterocycles. The van der Waals surface area contributed by atoms with Gasteiger partial charge < -0.3 is 11.1 Å². The van der Waals surface area contributed by atoms with Crippen LogP contribution in [0.3, 0.4) is 0 Å². The van der Waals surface area contributed by atoms with Gasteiger partial charge in [0.15, 0.2) is 0 Å². The predicted molar refractivity (Wildman–Crippen MR) is 95.3 cm³/mol. The van der Waals surface area contributed by atoms with Crippen molar-refractivity contribution in [3.05, 3.63) is 59.7 Å². The van der Waals surface area contributed by atoms with Gasteiger partial charge in [0, 0.05) is 21.4 Å². The van der Waals surface area contributed by atoms with E-state index in [0.29, 0.717) is 16.1 Å². The zero-order valence-electron chi connectivity index (χ0n) is 13.6. The summed E-state index contributed by atoms with van der Waals surface area (Å²) < 4.78 is 12.0. The maximum absolute atomic E-state index is 12.2. The minimum Gasteiger partial charge on any atom is -0.369 e. The van der Waals surface area contributed by atoms with Crippen LogP contribution >= 0.6 is 0 Å². The van der Waals surface area contributed by atoms with Gasteiger partial charge in [-0.3, -0.25) is 13.8 Å². The first-order valence-electron chi connectivity index (χ1n) is 7.56. The first-order chi connectivity index (χ1) is 11.4. The topological polar surface area (TPSA) is 89.3 Å². The lowest BCUT2D eigenvalue weighted by Crippen LogP contribution is -2.14. The number of anilines is 1. The van der Waals surface area contributed by atoms with E-state index >= 15 is 0 Å².